The van der Waals surface area contributed by atoms with Crippen LogP contribution in [0.5, 0.6) is 0 Å². The molecule has 0 saturated carbocycles. The van der Waals surface area contributed by atoms with Gasteiger partial charge < -0.3 is 5.32 Å². The van der Waals surface area contributed by atoms with Gasteiger partial charge in [-0.05, 0) is 30.0 Å². The number of thiocyanates is 1. The number of hydrogen-bond donors (Lipinski definition) is 1. The lowest BCUT2D eigenvalue weighted by atomic mass is 9.97. The van der Waals surface area contributed by atoms with Crippen molar-refractivity contribution in [2.45, 2.75) is 11.8 Å². The number of thioether (sulfide) groups is 1. The van der Waals surface area contributed by atoms with Gasteiger partial charge in [-0.2, -0.15) is 15.8 Å². The molecule has 2 rings (SSSR count). The number of carbonyl (C=O) groups excluding carboxylic acids is 1. The molecule has 0 atom stereocenters. The summed E-state index contributed by atoms with van der Waals surface area (Å²) in [5.41, 5.74) is 0.0624. The molecular formula is C17H7ClFN4OS. The van der Waals surface area contributed by atoms with Crippen molar-refractivity contribution in [3.63, 3.8) is 0 Å². The quantitative estimate of drug-likeness (QED) is 0.644. The van der Waals surface area contributed by atoms with Gasteiger partial charge >= 0.3 is 0 Å². The number of amides is 1. The lowest BCUT2D eigenvalue weighted by Gasteiger charge is -2.13. The highest BCUT2D eigenvalue weighted by Crippen LogP contribution is 2.39. The third kappa shape index (κ3) is 3.72. The van der Waals surface area contributed by atoms with Crippen LogP contribution >= 0.6 is 23.4 Å². The Bertz CT molecular complexity index is 1000. The van der Waals surface area contributed by atoms with Crippen LogP contribution in [0.3, 0.4) is 0 Å². The van der Waals surface area contributed by atoms with Gasteiger partial charge in [-0.15, -0.1) is 0 Å². The van der Waals surface area contributed by atoms with Crippen molar-refractivity contribution in [2.75, 3.05) is 5.32 Å². The summed E-state index contributed by atoms with van der Waals surface area (Å²) in [5.74, 6) is -1.28. The Balaban J connectivity index is 2.81. The van der Waals surface area contributed by atoms with Crippen molar-refractivity contribution in [3.8, 4) is 28.7 Å². The van der Waals surface area contributed by atoms with E-state index in [1.807, 2.05) is 17.5 Å². The highest BCUT2D eigenvalue weighted by Gasteiger charge is 2.20. The first kappa shape index (κ1) is 18.3. The zero-order valence-corrected chi connectivity index (χ0v) is 14.2. The highest BCUT2D eigenvalue weighted by atomic mass is 35.5. The number of carbonyl (C=O) groups is 1. The zero-order chi connectivity index (χ0) is 18.6. The first-order valence-electron chi connectivity index (χ1n) is 6.64. The van der Waals surface area contributed by atoms with E-state index in [1.165, 1.54) is 19.1 Å². The summed E-state index contributed by atoms with van der Waals surface area (Å²) in [6, 6.07) is 9.88. The highest BCUT2D eigenvalue weighted by molar-refractivity contribution is 8.03. The van der Waals surface area contributed by atoms with E-state index < -0.39 is 11.7 Å². The van der Waals surface area contributed by atoms with Crippen molar-refractivity contribution in [1.82, 2.24) is 0 Å². The number of halogens is 2. The second-order valence-electron chi connectivity index (χ2n) is 4.69. The summed E-state index contributed by atoms with van der Waals surface area (Å²) in [5, 5.41) is 31.7. The van der Waals surface area contributed by atoms with E-state index in [-0.39, 0.29) is 37.9 Å². The van der Waals surface area contributed by atoms with Crippen molar-refractivity contribution in [3.05, 3.63) is 46.2 Å². The number of nitrogens with one attached hydrogen (secondary N) is 1. The molecule has 0 unspecified atom stereocenters. The van der Waals surface area contributed by atoms with Crippen LogP contribution in [0.1, 0.15) is 18.1 Å². The Hall–Kier alpha value is -3.05. The van der Waals surface area contributed by atoms with Crippen LogP contribution in [0.2, 0.25) is 5.02 Å². The molecule has 8 heteroatoms. The monoisotopic (exact) mass is 369 g/mol. The average Bonchev–Trinajstić information content (AvgIpc) is 2.57. The fourth-order valence-corrected chi connectivity index (χ4v) is 2.90. The van der Waals surface area contributed by atoms with Gasteiger partial charge in [-0.1, -0.05) is 11.6 Å². The molecule has 0 heterocycles. The van der Waals surface area contributed by atoms with Gasteiger partial charge in [0.25, 0.3) is 0 Å². The van der Waals surface area contributed by atoms with Crippen LogP contribution in [0.15, 0.2) is 23.1 Å². The molecule has 2 aromatic carbocycles. The smallest absolute Gasteiger partial charge is 0.221 e. The van der Waals surface area contributed by atoms with Gasteiger partial charge in [0.05, 0.1) is 16.8 Å². The molecule has 121 valence electrons. The molecule has 0 bridgehead atoms. The summed E-state index contributed by atoms with van der Waals surface area (Å²) in [6.45, 7) is 1.25. The summed E-state index contributed by atoms with van der Waals surface area (Å²) >= 11 is 6.87. The Kier molecular flexibility index (Phi) is 5.62. The maximum Gasteiger partial charge on any atom is 0.221 e. The number of benzene rings is 2. The minimum absolute atomic E-state index is 0.0302. The number of hydrogen-bond acceptors (Lipinski definition) is 5. The van der Waals surface area contributed by atoms with Crippen molar-refractivity contribution in [1.29, 1.82) is 15.8 Å². The molecule has 1 radical (unpaired) electrons. The lowest BCUT2D eigenvalue weighted by molar-refractivity contribution is -0.114. The summed E-state index contributed by atoms with van der Waals surface area (Å²) < 4.78 is 14.4. The minimum atomic E-state index is -0.842. The van der Waals surface area contributed by atoms with Gasteiger partial charge in [0.2, 0.25) is 5.91 Å². The van der Waals surface area contributed by atoms with Crippen LogP contribution in [-0.2, 0) is 4.79 Å². The molecule has 0 aliphatic rings. The second-order valence-corrected chi connectivity index (χ2v) is 5.93. The van der Waals surface area contributed by atoms with Gasteiger partial charge in [0.15, 0.2) is 0 Å². The second kappa shape index (κ2) is 7.68. The molecular weight excluding hydrogens is 363 g/mol. The van der Waals surface area contributed by atoms with E-state index in [9.17, 15) is 14.4 Å². The molecule has 1 amide bonds. The van der Waals surface area contributed by atoms with E-state index in [4.69, 9.17) is 22.1 Å². The largest absolute Gasteiger partial charge is 0.325 e. The Morgan fingerprint density at radius 1 is 1.32 bits per heavy atom. The van der Waals surface area contributed by atoms with E-state index >= 15 is 0 Å². The number of anilines is 1. The van der Waals surface area contributed by atoms with Crippen LogP contribution in [0.25, 0.3) is 11.1 Å². The van der Waals surface area contributed by atoms with Crippen LogP contribution in [0.4, 0.5) is 10.1 Å². The number of rotatable bonds is 3. The van der Waals surface area contributed by atoms with Crippen LogP contribution in [-0.4, -0.2) is 5.91 Å². The van der Waals surface area contributed by atoms with E-state index in [0.717, 1.165) is 17.8 Å². The third-order valence-electron chi connectivity index (χ3n) is 3.12. The number of nitriles is 3. The molecule has 2 aromatic rings. The molecule has 0 aromatic heterocycles. The van der Waals surface area contributed by atoms with E-state index in [0.29, 0.717) is 0 Å². The Morgan fingerprint density at radius 3 is 2.60 bits per heavy atom. The lowest BCUT2D eigenvalue weighted by Crippen LogP contribution is -2.08. The van der Waals surface area contributed by atoms with Crippen molar-refractivity contribution >= 4 is 35.0 Å². The summed E-state index contributed by atoms with van der Waals surface area (Å²) in [6.07, 6.45) is 0. The standard InChI is InChI=1S/C17H7ClFN4OS/c1-9(24)23-15-3-2-14(19)17(12(15)7-21)11-5-16(25-8-22)10(6-20)4-13(11)18/h3-5H,1H3,(H,23,24). The maximum atomic E-state index is 14.4. The van der Waals surface area contributed by atoms with Gasteiger partial charge in [0, 0.05) is 34.0 Å². The van der Waals surface area contributed by atoms with Crippen LogP contribution < -0.4 is 5.32 Å². The average molecular weight is 370 g/mol. The summed E-state index contributed by atoms with van der Waals surface area (Å²) in [7, 11) is 0. The molecule has 0 fully saturated rings. The molecule has 0 aliphatic carbocycles. The SMILES string of the molecule is CC(=O)Nc1c[c]c(F)c(-c2cc(SC#N)c(C#N)cc2Cl)c1C#N. The van der Waals surface area contributed by atoms with E-state index in [1.54, 1.807) is 0 Å². The molecule has 25 heavy (non-hydrogen) atoms. The predicted octanol–water partition coefficient (Wildman–Crippen LogP) is 4.22. The first-order valence-corrected chi connectivity index (χ1v) is 7.84. The van der Waals surface area contributed by atoms with Crippen LogP contribution in [0, 0.1) is 45.2 Å². The predicted molar refractivity (Wildman–Crippen MR) is 90.9 cm³/mol. The topological polar surface area (TPSA) is 100 Å². The van der Waals surface area contributed by atoms with Crippen molar-refractivity contribution < 1.29 is 9.18 Å². The van der Waals surface area contributed by atoms with Gasteiger partial charge in [-0.25, -0.2) is 4.39 Å². The fraction of sp³-hybridized carbons (Fsp3) is 0.0588. The molecule has 0 saturated heterocycles. The van der Waals surface area contributed by atoms with Gasteiger partial charge in [-0.3, -0.25) is 4.79 Å². The van der Waals surface area contributed by atoms with E-state index in [2.05, 4.69) is 11.4 Å². The molecule has 0 aliphatic heterocycles. The normalized spacial score (nSPS) is 9.60. The molecule has 0 spiro atoms. The zero-order valence-electron chi connectivity index (χ0n) is 12.6. The Morgan fingerprint density at radius 2 is 2.04 bits per heavy atom. The maximum absolute atomic E-state index is 14.4. The first-order chi connectivity index (χ1) is 11.9. The van der Waals surface area contributed by atoms with Crippen molar-refractivity contribution in [2.24, 2.45) is 0 Å². The Labute approximate surface area is 152 Å². The summed E-state index contributed by atoms with van der Waals surface area (Å²) in [4.78, 5) is 11.5. The third-order valence-corrected chi connectivity index (χ3v) is 4.08. The fourth-order valence-electron chi connectivity index (χ4n) is 2.15. The van der Waals surface area contributed by atoms with Gasteiger partial charge in [0.1, 0.15) is 23.4 Å². The minimum Gasteiger partial charge on any atom is -0.325 e. The molecule has 1 N–H and O–H groups in total. The molecule has 5 nitrogen and oxygen atoms in total. The number of nitrogens with zero attached hydrogens (tertiary/aromatic N) is 3.